The van der Waals surface area contributed by atoms with E-state index in [0.29, 0.717) is 54.5 Å². The van der Waals surface area contributed by atoms with E-state index in [1.165, 1.54) is 6.21 Å². The number of aromatic nitrogens is 2. The van der Waals surface area contributed by atoms with Crippen molar-refractivity contribution in [3.05, 3.63) is 59.7 Å². The highest BCUT2D eigenvalue weighted by Gasteiger charge is 2.22. The molecule has 1 aliphatic rings. The third-order valence-corrected chi connectivity index (χ3v) is 7.33. The molecule has 0 saturated carbocycles. The van der Waals surface area contributed by atoms with E-state index in [1.54, 1.807) is 30.4 Å². The smallest absolute Gasteiger partial charge is 0.251 e. The first-order valence-electron chi connectivity index (χ1n) is 12.0. The summed E-state index contributed by atoms with van der Waals surface area (Å²) >= 11 is 1.58. The van der Waals surface area contributed by atoms with Crippen molar-refractivity contribution in [2.24, 2.45) is 0 Å². The lowest BCUT2D eigenvalue weighted by Crippen LogP contribution is -2.36. The number of hydrogen-bond acceptors (Lipinski definition) is 9. The number of ether oxygens (including phenoxy) is 1. The van der Waals surface area contributed by atoms with Gasteiger partial charge in [0.15, 0.2) is 11.6 Å². The number of thiophene rings is 1. The Morgan fingerprint density at radius 2 is 2.03 bits per heavy atom. The fraction of sp³-hybridized carbons (Fsp3) is 0.259. The van der Waals surface area contributed by atoms with Gasteiger partial charge in [-0.05, 0) is 36.8 Å². The number of nitrogens with two attached hydrogens (primary N) is 1. The number of morpholine rings is 1. The summed E-state index contributed by atoms with van der Waals surface area (Å²) in [5, 5.41) is 20.1. The molecule has 37 heavy (non-hydrogen) atoms. The van der Waals surface area contributed by atoms with Crippen LogP contribution in [0.2, 0.25) is 0 Å². The summed E-state index contributed by atoms with van der Waals surface area (Å²) in [7, 11) is 0. The predicted octanol–water partition coefficient (Wildman–Crippen LogP) is 3.55. The number of nitrogens with one attached hydrogen (secondary N) is 2. The van der Waals surface area contributed by atoms with Crippen molar-refractivity contribution in [1.29, 1.82) is 5.41 Å². The average Bonchev–Trinajstić information content (AvgIpc) is 3.36. The number of nitrogen functional groups attached to an aromatic ring is 1. The third-order valence-electron chi connectivity index (χ3n) is 6.16. The standard InChI is InChI=1S/C27H28N6O3S/c1-16(34)15-30-27(35)18-5-2-4-17(12-18)23-13-22-24(37-23)26(33-8-10-36-11-9-33)32-25(31-22)19-6-3-7-21(29)20(19)14-28/h2-7,12-14,16,28,34H,8-11,15,29H2,1H3,(H,30,35)/t16-/m0/s1. The number of amides is 1. The van der Waals surface area contributed by atoms with Crippen LogP contribution in [0.5, 0.6) is 0 Å². The van der Waals surface area contributed by atoms with Gasteiger partial charge in [-0.3, -0.25) is 4.79 Å². The molecule has 1 aliphatic heterocycles. The normalized spacial score (nSPS) is 14.5. The van der Waals surface area contributed by atoms with Gasteiger partial charge < -0.3 is 31.2 Å². The summed E-state index contributed by atoms with van der Waals surface area (Å²) in [6.45, 7) is 4.48. The molecule has 10 heteroatoms. The largest absolute Gasteiger partial charge is 0.398 e. The summed E-state index contributed by atoms with van der Waals surface area (Å²) in [5.41, 5.74) is 10.1. The highest BCUT2D eigenvalue weighted by molar-refractivity contribution is 7.22. The second kappa shape index (κ2) is 10.6. The van der Waals surface area contributed by atoms with E-state index >= 15 is 0 Å². The zero-order chi connectivity index (χ0) is 25.9. The molecule has 0 spiro atoms. The van der Waals surface area contributed by atoms with E-state index in [-0.39, 0.29) is 12.5 Å². The van der Waals surface area contributed by atoms with Gasteiger partial charge >= 0.3 is 0 Å². The molecule has 1 amide bonds. The van der Waals surface area contributed by atoms with Gasteiger partial charge in [0.2, 0.25) is 0 Å². The van der Waals surface area contributed by atoms with Crippen LogP contribution in [-0.4, -0.2) is 66.1 Å². The molecule has 2 aromatic carbocycles. The minimum Gasteiger partial charge on any atom is -0.398 e. The number of rotatable bonds is 7. The molecule has 0 aliphatic carbocycles. The van der Waals surface area contributed by atoms with Crippen molar-refractivity contribution in [3.63, 3.8) is 0 Å². The number of aliphatic hydroxyl groups excluding tert-OH is 1. The van der Waals surface area contributed by atoms with Gasteiger partial charge in [0, 0.05) is 53.1 Å². The molecule has 2 aromatic heterocycles. The molecule has 5 N–H and O–H groups in total. The van der Waals surface area contributed by atoms with Gasteiger partial charge in [-0.15, -0.1) is 11.3 Å². The number of fused-ring (bicyclic) bond motifs is 1. The van der Waals surface area contributed by atoms with Crippen LogP contribution in [-0.2, 0) is 4.74 Å². The molecule has 0 radical (unpaired) electrons. The number of nitrogens with zero attached hydrogens (tertiary/aromatic N) is 3. The SMILES string of the molecule is C[C@H](O)CNC(=O)c1cccc(-c2cc3nc(-c4cccc(N)c4C=N)nc(N4CCOCC4)c3s2)c1. The van der Waals surface area contributed by atoms with Gasteiger partial charge in [0.05, 0.1) is 29.5 Å². The van der Waals surface area contributed by atoms with Gasteiger partial charge in [-0.25, -0.2) is 9.97 Å². The second-order valence-corrected chi connectivity index (χ2v) is 9.94. The maximum atomic E-state index is 12.6. The first kappa shape index (κ1) is 24.8. The van der Waals surface area contributed by atoms with E-state index in [0.717, 1.165) is 26.5 Å². The summed E-state index contributed by atoms with van der Waals surface area (Å²) in [5.74, 6) is 1.10. The molecule has 1 fully saturated rings. The molecular weight excluding hydrogens is 488 g/mol. The van der Waals surface area contributed by atoms with Crippen molar-refractivity contribution < 1.29 is 14.6 Å². The highest BCUT2D eigenvalue weighted by Crippen LogP contribution is 2.39. The lowest BCUT2D eigenvalue weighted by molar-refractivity contribution is 0.0924. The van der Waals surface area contributed by atoms with Crippen molar-refractivity contribution in [1.82, 2.24) is 15.3 Å². The van der Waals surface area contributed by atoms with E-state index in [1.807, 2.05) is 36.4 Å². The molecule has 1 saturated heterocycles. The van der Waals surface area contributed by atoms with Crippen molar-refractivity contribution in [2.45, 2.75) is 13.0 Å². The van der Waals surface area contributed by atoms with Crippen molar-refractivity contribution in [2.75, 3.05) is 43.5 Å². The number of carbonyl (C=O) groups excluding carboxylic acids is 1. The van der Waals surface area contributed by atoms with Crippen LogP contribution in [0, 0.1) is 5.41 Å². The zero-order valence-corrected chi connectivity index (χ0v) is 21.2. The first-order chi connectivity index (χ1) is 17.9. The molecule has 4 aromatic rings. The zero-order valence-electron chi connectivity index (χ0n) is 20.4. The summed E-state index contributed by atoms with van der Waals surface area (Å²) in [4.78, 5) is 25.6. The van der Waals surface area contributed by atoms with Gasteiger partial charge in [0.25, 0.3) is 5.91 Å². The number of anilines is 2. The maximum Gasteiger partial charge on any atom is 0.251 e. The van der Waals surface area contributed by atoms with E-state index < -0.39 is 6.10 Å². The minimum atomic E-state index is -0.616. The van der Waals surface area contributed by atoms with Crippen molar-refractivity contribution >= 4 is 45.2 Å². The van der Waals surface area contributed by atoms with Crippen LogP contribution in [0.15, 0.2) is 48.5 Å². The van der Waals surface area contributed by atoms with Crippen LogP contribution in [0.1, 0.15) is 22.8 Å². The average molecular weight is 517 g/mol. The van der Waals surface area contributed by atoms with Crippen molar-refractivity contribution in [3.8, 4) is 21.8 Å². The number of hydrogen-bond donors (Lipinski definition) is 4. The minimum absolute atomic E-state index is 0.189. The molecule has 190 valence electrons. The molecule has 3 heterocycles. The Morgan fingerprint density at radius 3 is 2.78 bits per heavy atom. The lowest BCUT2D eigenvalue weighted by Gasteiger charge is -2.28. The summed E-state index contributed by atoms with van der Waals surface area (Å²) in [6.07, 6.45) is 0.619. The fourth-order valence-electron chi connectivity index (χ4n) is 4.26. The van der Waals surface area contributed by atoms with E-state index in [4.69, 9.17) is 25.8 Å². The summed E-state index contributed by atoms with van der Waals surface area (Å²) < 4.78 is 6.51. The summed E-state index contributed by atoms with van der Waals surface area (Å²) in [6, 6.07) is 14.9. The molecule has 0 unspecified atom stereocenters. The number of aliphatic hydroxyl groups is 1. The second-order valence-electron chi connectivity index (χ2n) is 8.89. The van der Waals surface area contributed by atoms with Crippen LogP contribution in [0.25, 0.3) is 32.0 Å². The third kappa shape index (κ3) is 5.17. The molecule has 0 bridgehead atoms. The van der Waals surface area contributed by atoms with E-state index in [2.05, 4.69) is 10.2 Å². The Kier molecular flexibility index (Phi) is 7.13. The Balaban J connectivity index is 1.61. The Hall–Kier alpha value is -3.86. The van der Waals surface area contributed by atoms with Crippen LogP contribution < -0.4 is 16.0 Å². The molecule has 5 rings (SSSR count). The monoisotopic (exact) mass is 516 g/mol. The van der Waals surface area contributed by atoms with Gasteiger partial charge in [0.1, 0.15) is 0 Å². The fourth-order valence-corrected chi connectivity index (χ4v) is 5.37. The predicted molar refractivity (Wildman–Crippen MR) is 148 cm³/mol. The highest BCUT2D eigenvalue weighted by atomic mass is 32.1. The van der Waals surface area contributed by atoms with Crippen LogP contribution >= 0.6 is 11.3 Å². The van der Waals surface area contributed by atoms with E-state index in [9.17, 15) is 9.90 Å². The Bertz CT molecular complexity index is 1460. The van der Waals surface area contributed by atoms with Gasteiger partial charge in [-0.2, -0.15) is 0 Å². The quantitative estimate of drug-likeness (QED) is 0.218. The number of benzene rings is 2. The Labute approximate surface area is 218 Å². The molecular formula is C27H28N6O3S. The molecule has 9 nitrogen and oxygen atoms in total. The maximum absolute atomic E-state index is 12.6. The molecule has 1 atom stereocenters. The Morgan fingerprint density at radius 1 is 1.24 bits per heavy atom. The topological polar surface area (TPSA) is 137 Å². The van der Waals surface area contributed by atoms with Crippen LogP contribution in [0.4, 0.5) is 11.5 Å². The van der Waals surface area contributed by atoms with Gasteiger partial charge in [-0.1, -0.05) is 24.3 Å². The first-order valence-corrected chi connectivity index (χ1v) is 12.9. The lowest BCUT2D eigenvalue weighted by atomic mass is 10.1. The number of carbonyl (C=O) groups is 1. The van der Waals surface area contributed by atoms with Crippen LogP contribution in [0.3, 0.4) is 0 Å².